The molecule has 25 heavy (non-hydrogen) atoms. The van der Waals surface area contributed by atoms with E-state index in [-0.39, 0.29) is 10.6 Å². The minimum absolute atomic E-state index is 0.133. The van der Waals surface area contributed by atoms with Crippen LogP contribution in [0.15, 0.2) is 18.2 Å². The van der Waals surface area contributed by atoms with Crippen LogP contribution in [0, 0.1) is 28.5 Å². The summed E-state index contributed by atoms with van der Waals surface area (Å²) in [5, 5.41) is 11.8. The van der Waals surface area contributed by atoms with Gasteiger partial charge < -0.3 is 9.74 Å². The maximum Gasteiger partial charge on any atom is 0.293 e. The van der Waals surface area contributed by atoms with E-state index < -0.39 is 5.54 Å². The highest BCUT2D eigenvalue weighted by molar-refractivity contribution is 5.65. The Morgan fingerprint density at radius 1 is 1.20 bits per heavy atom. The Bertz CT molecular complexity index is 645. The van der Waals surface area contributed by atoms with Gasteiger partial charge in [-0.05, 0) is 36.8 Å². The fraction of sp³-hybridized carbons (Fsp3) is 0.650. The fourth-order valence-electron chi connectivity index (χ4n) is 3.80. The van der Waals surface area contributed by atoms with Gasteiger partial charge in [-0.25, -0.2) is 6.57 Å². The lowest BCUT2D eigenvalue weighted by Gasteiger charge is -2.28. The third-order valence-corrected chi connectivity index (χ3v) is 4.87. The van der Waals surface area contributed by atoms with Crippen molar-refractivity contribution < 1.29 is 4.92 Å². The molecule has 1 aromatic carbocycles. The van der Waals surface area contributed by atoms with Crippen molar-refractivity contribution in [3.8, 4) is 0 Å². The smallest absolute Gasteiger partial charge is 0.293 e. The van der Waals surface area contributed by atoms with Gasteiger partial charge in [0.15, 0.2) is 0 Å². The van der Waals surface area contributed by atoms with Crippen LogP contribution in [-0.4, -0.2) is 18.0 Å². The largest absolute Gasteiger partial charge is 0.365 e. The molecule has 2 rings (SSSR count). The first-order valence-corrected chi connectivity index (χ1v) is 9.21. The first-order valence-electron chi connectivity index (χ1n) is 9.21. The lowest BCUT2D eigenvalue weighted by Crippen LogP contribution is -2.32. The van der Waals surface area contributed by atoms with Gasteiger partial charge in [-0.3, -0.25) is 10.1 Å². The molecule has 1 aliphatic rings. The summed E-state index contributed by atoms with van der Waals surface area (Å²) in [6.07, 6.45) is 3.64. The van der Waals surface area contributed by atoms with Crippen molar-refractivity contribution in [2.75, 3.05) is 18.0 Å². The predicted molar refractivity (Wildman–Crippen MR) is 102 cm³/mol. The first kappa shape index (κ1) is 19.2. The van der Waals surface area contributed by atoms with E-state index >= 15 is 0 Å². The Morgan fingerprint density at radius 3 is 2.20 bits per heavy atom. The molecule has 1 aromatic rings. The molecular weight excluding hydrogens is 314 g/mol. The predicted octanol–water partition coefficient (Wildman–Crippen LogP) is 5.40. The molecule has 1 fully saturated rings. The van der Waals surface area contributed by atoms with Crippen LogP contribution < -0.4 is 4.90 Å². The Labute approximate surface area is 151 Å². The average molecular weight is 343 g/mol. The van der Waals surface area contributed by atoms with Crippen LogP contribution in [0.2, 0.25) is 0 Å². The Kier molecular flexibility index (Phi) is 6.05. The molecule has 1 saturated carbocycles. The van der Waals surface area contributed by atoms with E-state index in [1.54, 1.807) is 6.07 Å². The van der Waals surface area contributed by atoms with Gasteiger partial charge in [0.05, 0.1) is 4.92 Å². The van der Waals surface area contributed by atoms with Crippen LogP contribution in [0.25, 0.3) is 4.85 Å². The van der Waals surface area contributed by atoms with Crippen molar-refractivity contribution in [1.82, 2.24) is 0 Å². The highest BCUT2D eigenvalue weighted by atomic mass is 16.6. The number of nitrogens with zero attached hydrogens (tertiary/aromatic N) is 3. The highest BCUT2D eigenvalue weighted by Gasteiger charge is 2.43. The molecule has 0 N–H and O–H groups in total. The average Bonchev–Trinajstić information content (AvgIpc) is 3.03. The number of rotatable bonds is 7. The molecule has 5 heteroatoms. The SMILES string of the molecule is [C-]#[N+]C1(c2ccc(N(CC(C)C)CC(C)C)c([N+](=O)[O-])c2)CCCC1. The molecule has 1 aliphatic carbocycles. The number of nitro benzene ring substituents is 1. The summed E-state index contributed by atoms with van der Waals surface area (Å²) in [5.74, 6) is 0.838. The molecule has 0 unspecified atom stereocenters. The maximum absolute atomic E-state index is 11.8. The van der Waals surface area contributed by atoms with Gasteiger partial charge in [-0.15, -0.1) is 0 Å². The number of hydrogen-bond donors (Lipinski definition) is 0. The molecular formula is C20H29N3O2. The molecule has 0 radical (unpaired) electrons. The second-order valence-electron chi connectivity index (χ2n) is 8.00. The summed E-state index contributed by atoms with van der Waals surface area (Å²) in [6, 6.07) is 5.47. The third kappa shape index (κ3) is 4.31. The third-order valence-electron chi connectivity index (χ3n) is 4.87. The minimum Gasteiger partial charge on any atom is -0.365 e. The molecule has 0 aliphatic heterocycles. The van der Waals surface area contributed by atoms with Crippen molar-refractivity contribution in [3.05, 3.63) is 45.3 Å². The molecule has 136 valence electrons. The molecule has 0 saturated heterocycles. The van der Waals surface area contributed by atoms with Gasteiger partial charge in [0.1, 0.15) is 5.69 Å². The molecule has 5 nitrogen and oxygen atoms in total. The summed E-state index contributed by atoms with van der Waals surface area (Å²) in [4.78, 5) is 17.5. The van der Waals surface area contributed by atoms with Gasteiger partial charge in [0.2, 0.25) is 0 Å². The quantitative estimate of drug-likeness (QED) is 0.378. The summed E-state index contributed by atoms with van der Waals surface area (Å²) >= 11 is 0. The van der Waals surface area contributed by atoms with Crippen molar-refractivity contribution in [2.45, 2.75) is 58.9 Å². The molecule has 0 spiro atoms. The molecule has 0 bridgehead atoms. The van der Waals surface area contributed by atoms with Gasteiger partial charge in [-0.1, -0.05) is 27.7 Å². The molecule has 0 atom stereocenters. The standard InChI is InChI=1S/C20H29N3O2/c1-15(2)13-22(14-16(3)4)18-9-8-17(12-19(18)23(24)25)20(21-5)10-6-7-11-20/h8-9,12,15-16H,6-7,10-11,13-14H2,1-4H3. The van der Waals surface area contributed by atoms with Crippen LogP contribution in [0.3, 0.4) is 0 Å². The van der Waals surface area contributed by atoms with E-state index in [4.69, 9.17) is 6.57 Å². The fourth-order valence-corrected chi connectivity index (χ4v) is 3.80. The lowest BCUT2D eigenvalue weighted by atomic mass is 9.88. The van der Waals surface area contributed by atoms with E-state index in [9.17, 15) is 10.1 Å². The summed E-state index contributed by atoms with van der Waals surface area (Å²) < 4.78 is 0. The normalized spacial score (nSPS) is 16.2. The topological polar surface area (TPSA) is 50.7 Å². The molecule has 0 heterocycles. The lowest BCUT2D eigenvalue weighted by molar-refractivity contribution is -0.384. The van der Waals surface area contributed by atoms with Crippen LogP contribution >= 0.6 is 0 Å². The van der Waals surface area contributed by atoms with Crippen LogP contribution in [0.5, 0.6) is 0 Å². The van der Waals surface area contributed by atoms with E-state index in [0.29, 0.717) is 17.5 Å². The van der Waals surface area contributed by atoms with E-state index in [0.717, 1.165) is 44.3 Å². The van der Waals surface area contributed by atoms with Crippen molar-refractivity contribution in [1.29, 1.82) is 0 Å². The molecule has 0 amide bonds. The van der Waals surface area contributed by atoms with Crippen molar-refractivity contribution >= 4 is 11.4 Å². The minimum atomic E-state index is -0.565. The second kappa shape index (κ2) is 7.86. The monoisotopic (exact) mass is 343 g/mol. The molecule has 0 aromatic heterocycles. The van der Waals surface area contributed by atoms with Gasteiger partial charge in [-0.2, -0.15) is 0 Å². The number of hydrogen-bond acceptors (Lipinski definition) is 3. The Balaban J connectivity index is 2.48. The zero-order valence-electron chi connectivity index (χ0n) is 15.8. The Hall–Kier alpha value is -2.09. The zero-order valence-corrected chi connectivity index (χ0v) is 15.8. The second-order valence-corrected chi connectivity index (χ2v) is 8.00. The van der Waals surface area contributed by atoms with Crippen LogP contribution in [0.1, 0.15) is 58.9 Å². The van der Waals surface area contributed by atoms with Crippen molar-refractivity contribution in [3.63, 3.8) is 0 Å². The summed E-state index contributed by atoms with van der Waals surface area (Å²) in [5.41, 5.74) is 1.05. The number of nitro groups is 1. The first-order chi connectivity index (χ1) is 11.8. The summed E-state index contributed by atoms with van der Waals surface area (Å²) in [6.45, 7) is 17.7. The Morgan fingerprint density at radius 2 is 1.76 bits per heavy atom. The van der Waals surface area contributed by atoms with E-state index in [2.05, 4.69) is 37.4 Å². The van der Waals surface area contributed by atoms with Gasteiger partial charge in [0.25, 0.3) is 11.2 Å². The highest BCUT2D eigenvalue weighted by Crippen LogP contribution is 2.44. The number of anilines is 1. The van der Waals surface area contributed by atoms with E-state index in [1.807, 2.05) is 12.1 Å². The number of benzene rings is 1. The van der Waals surface area contributed by atoms with Gasteiger partial charge in [0, 0.05) is 37.6 Å². The van der Waals surface area contributed by atoms with Crippen LogP contribution in [-0.2, 0) is 5.54 Å². The van der Waals surface area contributed by atoms with E-state index in [1.165, 1.54) is 0 Å². The van der Waals surface area contributed by atoms with Gasteiger partial charge >= 0.3 is 0 Å². The van der Waals surface area contributed by atoms with Crippen LogP contribution in [0.4, 0.5) is 11.4 Å². The maximum atomic E-state index is 11.8. The van der Waals surface area contributed by atoms with Crippen molar-refractivity contribution in [2.24, 2.45) is 11.8 Å². The summed E-state index contributed by atoms with van der Waals surface area (Å²) in [7, 11) is 0. The zero-order chi connectivity index (χ0) is 18.6.